The Hall–Kier alpha value is -2.48. The fourth-order valence-electron chi connectivity index (χ4n) is 4.20. The number of carbonyl (C=O) groups is 2. The summed E-state index contributed by atoms with van der Waals surface area (Å²) < 4.78 is 6.83. The van der Waals surface area contributed by atoms with Gasteiger partial charge in [0.05, 0.1) is 25.6 Å². The summed E-state index contributed by atoms with van der Waals surface area (Å²) in [6.45, 7) is 2.50. The van der Waals surface area contributed by atoms with Gasteiger partial charge in [0.25, 0.3) is 0 Å². The second-order valence-corrected chi connectivity index (χ2v) is 7.29. The molecule has 2 aliphatic heterocycles. The van der Waals surface area contributed by atoms with Gasteiger partial charge in [-0.15, -0.1) is 10.2 Å². The maximum absolute atomic E-state index is 12.8. The van der Waals surface area contributed by atoms with E-state index in [1.54, 1.807) is 0 Å². The maximum Gasteiger partial charge on any atom is 0.308 e. The van der Waals surface area contributed by atoms with Crippen molar-refractivity contribution in [3.8, 4) is 0 Å². The molecule has 2 saturated heterocycles. The number of hydrogen-bond donors (Lipinski definition) is 0. The number of fused-ring (bicyclic) bond motifs is 1. The number of piperidine rings is 1. The van der Waals surface area contributed by atoms with Crippen molar-refractivity contribution in [1.82, 2.24) is 24.4 Å². The third kappa shape index (κ3) is 3.53. The fourth-order valence-corrected chi connectivity index (χ4v) is 4.20. The number of rotatable bonds is 4. The molecule has 0 radical (unpaired) electrons. The Morgan fingerprint density at radius 1 is 1.15 bits per heavy atom. The van der Waals surface area contributed by atoms with E-state index < -0.39 is 0 Å². The number of methoxy groups -OCH3 is 1. The predicted molar refractivity (Wildman–Crippen MR) is 97.9 cm³/mol. The second kappa shape index (κ2) is 7.64. The minimum absolute atomic E-state index is 0.0825. The monoisotopic (exact) mass is 371 g/mol. The van der Waals surface area contributed by atoms with E-state index in [-0.39, 0.29) is 23.8 Å². The van der Waals surface area contributed by atoms with E-state index in [1.165, 1.54) is 7.11 Å². The number of amides is 1. The Kier molecular flexibility index (Phi) is 5.07. The van der Waals surface area contributed by atoms with Gasteiger partial charge in [-0.3, -0.25) is 18.9 Å². The largest absolute Gasteiger partial charge is 0.469 e. The number of aromatic nitrogens is 3. The molecule has 1 amide bonds. The number of ether oxygens (including phenoxy) is 1. The highest BCUT2D eigenvalue weighted by molar-refractivity contribution is 5.79. The first-order chi connectivity index (χ1) is 13.2. The standard InChI is InChI=1S/C19H25N5O3/c1-27-19(26)14-7-11-22(12-8-14)17(25)13-23-9-4-5-15(23)18-21-20-16-6-2-3-10-24(16)18/h2-3,6,10,14-15H,4-5,7-9,11-13H2,1H3. The van der Waals surface area contributed by atoms with Crippen LogP contribution in [0.3, 0.4) is 0 Å². The quantitative estimate of drug-likeness (QED) is 0.753. The van der Waals surface area contributed by atoms with Gasteiger partial charge < -0.3 is 9.64 Å². The predicted octanol–water partition coefficient (Wildman–Crippen LogP) is 1.28. The Balaban J connectivity index is 1.40. The fraction of sp³-hybridized carbons (Fsp3) is 0.579. The number of pyridine rings is 1. The number of likely N-dealkylation sites (tertiary alicyclic amines) is 2. The zero-order valence-electron chi connectivity index (χ0n) is 15.6. The zero-order valence-corrected chi connectivity index (χ0v) is 15.6. The summed E-state index contributed by atoms with van der Waals surface area (Å²) in [5.74, 6) is 0.778. The van der Waals surface area contributed by atoms with Gasteiger partial charge in [0, 0.05) is 19.3 Å². The molecule has 2 aromatic rings. The summed E-state index contributed by atoms with van der Waals surface area (Å²) in [4.78, 5) is 28.5. The average molecular weight is 371 g/mol. The molecule has 0 bridgehead atoms. The summed E-state index contributed by atoms with van der Waals surface area (Å²) >= 11 is 0. The first kappa shape index (κ1) is 17.9. The van der Waals surface area contributed by atoms with Crippen molar-refractivity contribution >= 4 is 17.5 Å². The van der Waals surface area contributed by atoms with Gasteiger partial charge in [0.2, 0.25) is 5.91 Å². The van der Waals surface area contributed by atoms with Gasteiger partial charge in [-0.2, -0.15) is 0 Å². The first-order valence-electron chi connectivity index (χ1n) is 9.56. The summed E-state index contributed by atoms with van der Waals surface area (Å²) in [6.07, 6.45) is 5.35. The van der Waals surface area contributed by atoms with Gasteiger partial charge in [-0.1, -0.05) is 6.07 Å². The molecule has 0 aromatic carbocycles. The third-order valence-electron chi connectivity index (χ3n) is 5.72. The van der Waals surface area contributed by atoms with Crippen LogP contribution in [0.25, 0.3) is 5.65 Å². The summed E-state index contributed by atoms with van der Waals surface area (Å²) in [5.41, 5.74) is 0.829. The number of carbonyl (C=O) groups excluding carboxylic acids is 2. The lowest BCUT2D eigenvalue weighted by molar-refractivity contribution is -0.149. The second-order valence-electron chi connectivity index (χ2n) is 7.29. The van der Waals surface area contributed by atoms with E-state index in [1.807, 2.05) is 33.7 Å². The highest BCUT2D eigenvalue weighted by Gasteiger charge is 2.33. The molecule has 2 fully saturated rings. The highest BCUT2D eigenvalue weighted by atomic mass is 16.5. The molecule has 2 aromatic heterocycles. The van der Waals surface area contributed by atoms with Crippen molar-refractivity contribution in [3.63, 3.8) is 0 Å². The molecule has 0 spiro atoms. The van der Waals surface area contributed by atoms with E-state index in [0.717, 1.165) is 30.9 Å². The molecule has 1 unspecified atom stereocenters. The minimum atomic E-state index is -0.166. The lowest BCUT2D eigenvalue weighted by Crippen LogP contribution is -2.45. The van der Waals surface area contributed by atoms with Crippen LogP contribution in [-0.2, 0) is 14.3 Å². The number of esters is 1. The van der Waals surface area contributed by atoms with Crippen molar-refractivity contribution in [2.24, 2.45) is 5.92 Å². The number of hydrogen-bond acceptors (Lipinski definition) is 6. The van der Waals surface area contributed by atoms with Gasteiger partial charge in [0.1, 0.15) is 0 Å². The van der Waals surface area contributed by atoms with Crippen LogP contribution >= 0.6 is 0 Å². The smallest absolute Gasteiger partial charge is 0.308 e. The molecule has 144 valence electrons. The van der Waals surface area contributed by atoms with Gasteiger partial charge in [-0.25, -0.2) is 0 Å². The molecule has 0 saturated carbocycles. The summed E-state index contributed by atoms with van der Waals surface area (Å²) in [7, 11) is 1.42. The molecule has 27 heavy (non-hydrogen) atoms. The molecular formula is C19H25N5O3. The van der Waals surface area contributed by atoms with Crippen LogP contribution in [0.1, 0.15) is 37.5 Å². The Morgan fingerprint density at radius 3 is 2.74 bits per heavy atom. The van der Waals surface area contributed by atoms with E-state index in [4.69, 9.17) is 4.74 Å². The van der Waals surface area contributed by atoms with Crippen LogP contribution in [0.5, 0.6) is 0 Å². The third-order valence-corrected chi connectivity index (χ3v) is 5.72. The lowest BCUT2D eigenvalue weighted by atomic mass is 9.97. The Labute approximate surface area is 158 Å². The molecule has 0 N–H and O–H groups in total. The molecular weight excluding hydrogens is 346 g/mol. The van der Waals surface area contributed by atoms with Gasteiger partial charge >= 0.3 is 5.97 Å². The average Bonchev–Trinajstić information content (AvgIpc) is 3.33. The molecule has 4 heterocycles. The van der Waals surface area contributed by atoms with E-state index in [2.05, 4.69) is 15.1 Å². The molecule has 0 aliphatic carbocycles. The molecule has 8 heteroatoms. The summed E-state index contributed by atoms with van der Waals surface area (Å²) in [6, 6.07) is 5.96. The lowest BCUT2D eigenvalue weighted by Gasteiger charge is -2.32. The van der Waals surface area contributed by atoms with Crippen LogP contribution in [-0.4, -0.2) is 69.6 Å². The summed E-state index contributed by atoms with van der Waals surface area (Å²) in [5, 5.41) is 8.63. The van der Waals surface area contributed by atoms with Crippen molar-refractivity contribution in [2.45, 2.75) is 31.7 Å². The molecule has 2 aliphatic rings. The van der Waals surface area contributed by atoms with Crippen LogP contribution in [0.4, 0.5) is 0 Å². The SMILES string of the molecule is COC(=O)C1CCN(C(=O)CN2CCCC2c2nnc3ccccn23)CC1. The van der Waals surface area contributed by atoms with Crippen molar-refractivity contribution in [3.05, 3.63) is 30.2 Å². The zero-order chi connectivity index (χ0) is 18.8. The van der Waals surface area contributed by atoms with Crippen molar-refractivity contribution in [2.75, 3.05) is 33.3 Å². The normalized spacial score (nSPS) is 21.7. The van der Waals surface area contributed by atoms with E-state index in [9.17, 15) is 9.59 Å². The van der Waals surface area contributed by atoms with Gasteiger partial charge in [0.15, 0.2) is 11.5 Å². The van der Waals surface area contributed by atoms with Crippen LogP contribution in [0, 0.1) is 5.92 Å². The van der Waals surface area contributed by atoms with E-state index >= 15 is 0 Å². The molecule has 1 atom stereocenters. The van der Waals surface area contributed by atoms with Crippen molar-refractivity contribution < 1.29 is 14.3 Å². The Bertz CT molecular complexity index is 828. The van der Waals surface area contributed by atoms with Crippen molar-refractivity contribution in [1.29, 1.82) is 0 Å². The van der Waals surface area contributed by atoms with Gasteiger partial charge in [-0.05, 0) is 44.4 Å². The maximum atomic E-state index is 12.8. The number of nitrogens with zero attached hydrogens (tertiary/aromatic N) is 5. The van der Waals surface area contributed by atoms with Crippen LogP contribution in [0.2, 0.25) is 0 Å². The topological polar surface area (TPSA) is 80.0 Å². The molecule has 4 rings (SSSR count). The van der Waals surface area contributed by atoms with Crippen LogP contribution < -0.4 is 0 Å². The highest BCUT2D eigenvalue weighted by Crippen LogP contribution is 2.31. The Morgan fingerprint density at radius 2 is 1.96 bits per heavy atom. The van der Waals surface area contributed by atoms with E-state index in [0.29, 0.717) is 32.5 Å². The van der Waals surface area contributed by atoms with Crippen LogP contribution in [0.15, 0.2) is 24.4 Å². The first-order valence-corrected chi connectivity index (χ1v) is 9.56. The minimum Gasteiger partial charge on any atom is -0.469 e. The molecule has 8 nitrogen and oxygen atoms in total.